The Kier molecular flexibility index (Phi) is 5.37. The topological polar surface area (TPSA) is 62.1 Å². The highest BCUT2D eigenvalue weighted by Gasteiger charge is 2.18. The predicted octanol–water partition coefficient (Wildman–Crippen LogP) is 3.58. The number of carbonyl (C=O) groups excluding carboxylic acids is 1. The summed E-state index contributed by atoms with van der Waals surface area (Å²) in [6.45, 7) is 5.61. The summed E-state index contributed by atoms with van der Waals surface area (Å²) in [5, 5.41) is 11.8. The van der Waals surface area contributed by atoms with Gasteiger partial charge in [-0.1, -0.05) is 28.1 Å². The van der Waals surface area contributed by atoms with E-state index in [1.165, 1.54) is 0 Å². The lowest BCUT2D eigenvalue weighted by atomic mass is 10.0. The molecule has 0 aliphatic carbocycles. The van der Waals surface area contributed by atoms with Crippen molar-refractivity contribution in [1.29, 1.82) is 5.26 Å². The average molecular weight is 325 g/mol. The minimum absolute atomic E-state index is 0.224. The second-order valence-corrected chi connectivity index (χ2v) is 6.04. The molecule has 1 rings (SSSR count). The van der Waals surface area contributed by atoms with E-state index in [0.717, 1.165) is 10.0 Å². The van der Waals surface area contributed by atoms with Gasteiger partial charge in [-0.3, -0.25) is 0 Å². The van der Waals surface area contributed by atoms with Gasteiger partial charge in [0.2, 0.25) is 0 Å². The van der Waals surface area contributed by atoms with Crippen LogP contribution in [0.1, 0.15) is 32.3 Å². The van der Waals surface area contributed by atoms with Crippen LogP contribution < -0.4 is 5.32 Å². The third-order valence-corrected chi connectivity index (χ3v) is 2.75. The molecule has 1 aromatic rings. The van der Waals surface area contributed by atoms with Gasteiger partial charge >= 0.3 is 6.09 Å². The minimum atomic E-state index is -0.540. The second-order valence-electron chi connectivity index (χ2n) is 5.12. The first-order chi connectivity index (χ1) is 8.81. The quantitative estimate of drug-likeness (QED) is 0.924. The van der Waals surface area contributed by atoms with Gasteiger partial charge in [0, 0.05) is 11.0 Å². The van der Waals surface area contributed by atoms with Crippen LogP contribution in [0, 0.1) is 11.3 Å². The second kappa shape index (κ2) is 6.58. The van der Waals surface area contributed by atoms with E-state index in [-0.39, 0.29) is 6.54 Å². The highest BCUT2D eigenvalue weighted by Crippen LogP contribution is 2.19. The largest absolute Gasteiger partial charge is 0.444 e. The summed E-state index contributed by atoms with van der Waals surface area (Å²) in [6, 6.07) is 9.64. The number of nitrogens with zero attached hydrogens (tertiary/aromatic N) is 1. The van der Waals surface area contributed by atoms with Gasteiger partial charge in [-0.05, 0) is 38.5 Å². The Balaban J connectivity index is 2.60. The number of halogens is 1. The van der Waals surface area contributed by atoms with Crippen molar-refractivity contribution in [2.75, 3.05) is 6.54 Å². The monoisotopic (exact) mass is 324 g/mol. The molecular weight excluding hydrogens is 308 g/mol. The van der Waals surface area contributed by atoms with Crippen molar-refractivity contribution in [3.8, 4) is 6.07 Å². The third kappa shape index (κ3) is 5.75. The molecule has 1 N–H and O–H groups in total. The number of hydrogen-bond donors (Lipinski definition) is 1. The molecule has 1 unspecified atom stereocenters. The molecule has 0 spiro atoms. The molecule has 0 fully saturated rings. The number of ether oxygens (including phenoxy) is 1. The smallest absolute Gasteiger partial charge is 0.407 e. The maximum Gasteiger partial charge on any atom is 0.407 e. The average Bonchev–Trinajstić information content (AvgIpc) is 2.27. The van der Waals surface area contributed by atoms with Gasteiger partial charge in [0.15, 0.2) is 0 Å². The summed E-state index contributed by atoms with van der Waals surface area (Å²) in [6.07, 6.45) is -0.511. The van der Waals surface area contributed by atoms with E-state index in [4.69, 9.17) is 10.00 Å². The van der Waals surface area contributed by atoms with Crippen molar-refractivity contribution in [2.24, 2.45) is 0 Å². The van der Waals surface area contributed by atoms with Crippen molar-refractivity contribution in [3.05, 3.63) is 34.3 Å². The van der Waals surface area contributed by atoms with Crippen LogP contribution in [0.4, 0.5) is 4.79 Å². The summed E-state index contributed by atoms with van der Waals surface area (Å²) in [5.74, 6) is -0.398. The molecule has 1 amide bonds. The number of nitriles is 1. The fourth-order valence-corrected chi connectivity index (χ4v) is 1.88. The zero-order valence-corrected chi connectivity index (χ0v) is 12.8. The van der Waals surface area contributed by atoms with Gasteiger partial charge in [-0.25, -0.2) is 4.79 Å². The molecule has 0 radical (unpaired) electrons. The summed E-state index contributed by atoms with van der Waals surface area (Å²) < 4.78 is 6.03. The molecule has 0 aliphatic heterocycles. The lowest BCUT2D eigenvalue weighted by Crippen LogP contribution is -2.34. The van der Waals surface area contributed by atoms with E-state index in [2.05, 4.69) is 27.3 Å². The van der Waals surface area contributed by atoms with Crippen molar-refractivity contribution >= 4 is 22.0 Å². The molecule has 1 aromatic carbocycles. The molecule has 4 nitrogen and oxygen atoms in total. The van der Waals surface area contributed by atoms with E-state index < -0.39 is 17.6 Å². The Bertz CT molecular complexity index is 489. The van der Waals surface area contributed by atoms with E-state index in [1.54, 1.807) is 20.8 Å². The molecule has 0 saturated heterocycles. The molecular formula is C14H17BrN2O2. The highest BCUT2D eigenvalue weighted by molar-refractivity contribution is 9.10. The van der Waals surface area contributed by atoms with Gasteiger partial charge in [-0.2, -0.15) is 5.26 Å². The summed E-state index contributed by atoms with van der Waals surface area (Å²) in [7, 11) is 0. The fourth-order valence-electron chi connectivity index (χ4n) is 1.46. The SMILES string of the molecule is CC(C)(C)OC(=O)NCC(C#N)c1cccc(Br)c1. The minimum Gasteiger partial charge on any atom is -0.444 e. The third-order valence-electron chi connectivity index (χ3n) is 2.26. The van der Waals surface area contributed by atoms with Gasteiger partial charge < -0.3 is 10.1 Å². The van der Waals surface area contributed by atoms with E-state index in [0.29, 0.717) is 0 Å². The predicted molar refractivity (Wildman–Crippen MR) is 76.7 cm³/mol. The Hall–Kier alpha value is -1.54. The molecule has 0 aliphatic rings. The number of carbonyl (C=O) groups is 1. The summed E-state index contributed by atoms with van der Waals surface area (Å²) in [4.78, 5) is 11.5. The lowest BCUT2D eigenvalue weighted by Gasteiger charge is -2.20. The zero-order chi connectivity index (χ0) is 14.5. The number of benzene rings is 1. The molecule has 5 heteroatoms. The first-order valence-electron chi connectivity index (χ1n) is 5.94. The van der Waals surface area contributed by atoms with Crippen LogP contribution in [0.25, 0.3) is 0 Å². The molecule has 0 aromatic heterocycles. The summed E-state index contributed by atoms with van der Waals surface area (Å²) >= 11 is 3.36. The summed E-state index contributed by atoms with van der Waals surface area (Å²) in [5.41, 5.74) is 0.315. The van der Waals surface area contributed by atoms with Gasteiger partial charge in [-0.15, -0.1) is 0 Å². The lowest BCUT2D eigenvalue weighted by molar-refractivity contribution is 0.0527. The maximum atomic E-state index is 11.5. The van der Waals surface area contributed by atoms with Crippen LogP contribution in [0.3, 0.4) is 0 Å². The Labute approximate surface area is 121 Å². The van der Waals surface area contributed by atoms with Gasteiger partial charge in [0.1, 0.15) is 5.60 Å². The van der Waals surface area contributed by atoms with Crippen LogP contribution in [0.2, 0.25) is 0 Å². The Morgan fingerprint density at radius 2 is 2.21 bits per heavy atom. The molecule has 0 saturated carbocycles. The van der Waals surface area contributed by atoms with Crippen molar-refractivity contribution in [3.63, 3.8) is 0 Å². The number of alkyl carbamates (subject to hydrolysis) is 1. The molecule has 1 atom stereocenters. The molecule has 0 heterocycles. The Morgan fingerprint density at radius 1 is 1.53 bits per heavy atom. The number of hydrogen-bond acceptors (Lipinski definition) is 3. The van der Waals surface area contributed by atoms with Gasteiger partial charge in [0.25, 0.3) is 0 Å². The van der Waals surface area contributed by atoms with Crippen LogP contribution in [-0.2, 0) is 4.74 Å². The Morgan fingerprint density at radius 3 is 2.74 bits per heavy atom. The van der Waals surface area contributed by atoms with Crippen LogP contribution in [0.5, 0.6) is 0 Å². The van der Waals surface area contributed by atoms with Crippen molar-refractivity contribution < 1.29 is 9.53 Å². The normalized spacial score (nSPS) is 12.4. The van der Waals surface area contributed by atoms with Crippen LogP contribution in [0.15, 0.2) is 28.7 Å². The van der Waals surface area contributed by atoms with Crippen LogP contribution >= 0.6 is 15.9 Å². The highest BCUT2D eigenvalue weighted by atomic mass is 79.9. The number of rotatable bonds is 3. The zero-order valence-electron chi connectivity index (χ0n) is 11.2. The molecule has 0 bridgehead atoms. The first-order valence-corrected chi connectivity index (χ1v) is 6.73. The molecule has 102 valence electrons. The standard InChI is InChI=1S/C14H17BrN2O2/c1-14(2,3)19-13(18)17-9-11(8-16)10-5-4-6-12(15)7-10/h4-7,11H,9H2,1-3H3,(H,17,18). The van der Waals surface area contributed by atoms with Crippen LogP contribution in [-0.4, -0.2) is 18.2 Å². The first kappa shape index (κ1) is 15.5. The molecule has 19 heavy (non-hydrogen) atoms. The number of amides is 1. The van der Waals surface area contributed by atoms with E-state index in [1.807, 2.05) is 24.3 Å². The fraction of sp³-hybridized carbons (Fsp3) is 0.429. The maximum absolute atomic E-state index is 11.5. The van der Waals surface area contributed by atoms with Crippen molar-refractivity contribution in [1.82, 2.24) is 5.32 Å². The van der Waals surface area contributed by atoms with Crippen molar-refractivity contribution in [2.45, 2.75) is 32.3 Å². The number of nitrogens with one attached hydrogen (secondary N) is 1. The van der Waals surface area contributed by atoms with E-state index >= 15 is 0 Å². The van der Waals surface area contributed by atoms with E-state index in [9.17, 15) is 4.79 Å². The van der Waals surface area contributed by atoms with Gasteiger partial charge in [0.05, 0.1) is 12.0 Å².